The summed E-state index contributed by atoms with van der Waals surface area (Å²) in [6, 6.07) is 8.78. The number of hydrogen-bond acceptors (Lipinski definition) is 3. The minimum absolute atomic E-state index is 0.142. The van der Waals surface area contributed by atoms with E-state index < -0.39 is 9.84 Å². The highest BCUT2D eigenvalue weighted by atomic mass is 32.2. The highest BCUT2D eigenvalue weighted by molar-refractivity contribution is 7.90. The van der Waals surface area contributed by atoms with Gasteiger partial charge in [-0.15, -0.1) is 0 Å². The Hall–Kier alpha value is -1.34. The van der Waals surface area contributed by atoms with Gasteiger partial charge in [-0.05, 0) is 23.6 Å². The van der Waals surface area contributed by atoms with Crippen LogP contribution in [0, 0.1) is 11.3 Å². The fraction of sp³-hybridized carbons (Fsp3) is 0.364. The third kappa shape index (κ3) is 3.07. The molecule has 0 bridgehead atoms. The Labute approximate surface area is 90.3 Å². The number of sulfone groups is 1. The molecular weight excluding hydrogens is 210 g/mol. The summed E-state index contributed by atoms with van der Waals surface area (Å²) in [5.41, 5.74) is 0.990. The van der Waals surface area contributed by atoms with Gasteiger partial charge in [-0.25, -0.2) is 8.42 Å². The average molecular weight is 223 g/mol. The fourth-order valence-electron chi connectivity index (χ4n) is 1.30. The molecule has 80 valence electrons. The number of hydrogen-bond donors (Lipinski definition) is 0. The molecule has 0 N–H and O–H groups in total. The molecule has 0 saturated carbocycles. The first-order valence-corrected chi connectivity index (χ1v) is 6.51. The third-order valence-corrected chi connectivity index (χ3v) is 3.40. The van der Waals surface area contributed by atoms with Gasteiger partial charge in [0.25, 0.3) is 0 Å². The van der Waals surface area contributed by atoms with E-state index in [4.69, 9.17) is 5.26 Å². The zero-order chi connectivity index (χ0) is 11.5. The predicted molar refractivity (Wildman–Crippen MR) is 58.2 cm³/mol. The van der Waals surface area contributed by atoms with Crippen LogP contribution in [0.4, 0.5) is 0 Å². The Bertz CT molecular complexity index is 468. The summed E-state index contributed by atoms with van der Waals surface area (Å²) in [5, 5.41) is 8.54. The molecule has 0 aliphatic heterocycles. The van der Waals surface area contributed by atoms with Gasteiger partial charge in [0.2, 0.25) is 0 Å². The lowest BCUT2D eigenvalue weighted by Gasteiger charge is -2.07. The first kappa shape index (κ1) is 11.7. The Morgan fingerprint density at radius 1 is 1.33 bits per heavy atom. The second-order valence-corrected chi connectivity index (χ2v) is 5.62. The first-order chi connectivity index (χ1) is 6.95. The van der Waals surface area contributed by atoms with E-state index in [1.807, 2.05) is 6.92 Å². The molecule has 1 aromatic carbocycles. The number of nitrogens with zero attached hydrogens (tertiary/aromatic N) is 1. The van der Waals surface area contributed by atoms with E-state index in [-0.39, 0.29) is 5.92 Å². The van der Waals surface area contributed by atoms with Gasteiger partial charge in [-0.3, -0.25) is 0 Å². The van der Waals surface area contributed by atoms with E-state index in [1.54, 1.807) is 24.3 Å². The van der Waals surface area contributed by atoms with Crippen LogP contribution < -0.4 is 0 Å². The second kappa shape index (κ2) is 4.45. The van der Waals surface area contributed by atoms with Crippen LogP contribution in [0.3, 0.4) is 0 Å². The van der Waals surface area contributed by atoms with Crippen molar-refractivity contribution in [2.24, 2.45) is 0 Å². The molecule has 0 aliphatic carbocycles. The molecule has 0 amide bonds. The molecule has 1 unspecified atom stereocenters. The van der Waals surface area contributed by atoms with E-state index in [0.29, 0.717) is 11.3 Å². The van der Waals surface area contributed by atoms with E-state index in [9.17, 15) is 8.42 Å². The standard InChI is InChI=1S/C11H13NO2S/c1-9(7-8-12)10-3-5-11(6-4-10)15(2,13)14/h3-6,9H,7H2,1-2H3. The predicted octanol–water partition coefficient (Wildman–Crippen LogP) is 2.11. The normalized spacial score (nSPS) is 13.1. The molecule has 0 spiro atoms. The summed E-state index contributed by atoms with van der Waals surface area (Å²) in [6.07, 6.45) is 1.62. The van der Waals surface area contributed by atoms with Crippen molar-refractivity contribution in [2.45, 2.75) is 24.2 Å². The highest BCUT2D eigenvalue weighted by Gasteiger charge is 2.08. The second-order valence-electron chi connectivity index (χ2n) is 3.60. The summed E-state index contributed by atoms with van der Waals surface area (Å²) < 4.78 is 22.4. The zero-order valence-electron chi connectivity index (χ0n) is 8.77. The van der Waals surface area contributed by atoms with Crippen molar-refractivity contribution in [3.05, 3.63) is 29.8 Å². The van der Waals surface area contributed by atoms with Crippen molar-refractivity contribution in [1.29, 1.82) is 5.26 Å². The molecule has 0 aromatic heterocycles. The topological polar surface area (TPSA) is 57.9 Å². The zero-order valence-corrected chi connectivity index (χ0v) is 9.58. The SMILES string of the molecule is CC(CC#N)c1ccc(S(C)(=O)=O)cc1. The summed E-state index contributed by atoms with van der Waals surface area (Å²) in [4.78, 5) is 0.315. The lowest BCUT2D eigenvalue weighted by atomic mass is 9.99. The summed E-state index contributed by atoms with van der Waals surface area (Å²) in [5.74, 6) is 0.142. The maximum atomic E-state index is 11.2. The van der Waals surface area contributed by atoms with Crippen molar-refractivity contribution >= 4 is 9.84 Å². The van der Waals surface area contributed by atoms with E-state index >= 15 is 0 Å². The quantitative estimate of drug-likeness (QED) is 0.788. The largest absolute Gasteiger partial charge is 0.224 e. The van der Waals surface area contributed by atoms with E-state index in [2.05, 4.69) is 6.07 Å². The Morgan fingerprint density at radius 2 is 1.87 bits per heavy atom. The van der Waals surface area contributed by atoms with Crippen LogP contribution in [-0.4, -0.2) is 14.7 Å². The lowest BCUT2D eigenvalue weighted by molar-refractivity contribution is 0.602. The fourth-order valence-corrected chi connectivity index (χ4v) is 1.93. The highest BCUT2D eigenvalue weighted by Crippen LogP contribution is 2.20. The molecule has 0 aliphatic rings. The summed E-state index contributed by atoms with van der Waals surface area (Å²) in [6.45, 7) is 1.94. The Morgan fingerprint density at radius 3 is 2.27 bits per heavy atom. The maximum Gasteiger partial charge on any atom is 0.175 e. The van der Waals surface area contributed by atoms with Gasteiger partial charge in [0, 0.05) is 12.7 Å². The molecule has 15 heavy (non-hydrogen) atoms. The molecule has 0 saturated heterocycles. The van der Waals surface area contributed by atoms with Gasteiger partial charge in [-0.2, -0.15) is 5.26 Å². The lowest BCUT2D eigenvalue weighted by Crippen LogP contribution is -1.98. The molecule has 0 fully saturated rings. The average Bonchev–Trinajstić information content (AvgIpc) is 2.17. The van der Waals surface area contributed by atoms with Crippen molar-refractivity contribution < 1.29 is 8.42 Å². The van der Waals surface area contributed by atoms with E-state index in [0.717, 1.165) is 5.56 Å². The van der Waals surface area contributed by atoms with Crippen LogP contribution in [0.2, 0.25) is 0 Å². The van der Waals surface area contributed by atoms with Crippen LogP contribution in [-0.2, 0) is 9.84 Å². The number of benzene rings is 1. The van der Waals surface area contributed by atoms with Crippen molar-refractivity contribution in [3.8, 4) is 6.07 Å². The molecule has 0 heterocycles. The van der Waals surface area contributed by atoms with E-state index in [1.165, 1.54) is 6.26 Å². The molecular formula is C11H13NO2S. The minimum Gasteiger partial charge on any atom is -0.224 e. The molecule has 3 nitrogen and oxygen atoms in total. The molecule has 4 heteroatoms. The van der Waals surface area contributed by atoms with Gasteiger partial charge in [0.05, 0.1) is 11.0 Å². The molecule has 0 radical (unpaired) electrons. The Kier molecular flexibility index (Phi) is 3.48. The van der Waals surface area contributed by atoms with Crippen LogP contribution in [0.25, 0.3) is 0 Å². The van der Waals surface area contributed by atoms with Crippen LogP contribution in [0.5, 0.6) is 0 Å². The van der Waals surface area contributed by atoms with Crippen molar-refractivity contribution in [3.63, 3.8) is 0 Å². The van der Waals surface area contributed by atoms with Gasteiger partial charge >= 0.3 is 0 Å². The van der Waals surface area contributed by atoms with Crippen molar-refractivity contribution in [2.75, 3.05) is 6.26 Å². The maximum absolute atomic E-state index is 11.2. The summed E-state index contributed by atoms with van der Waals surface area (Å²) >= 11 is 0. The number of rotatable bonds is 3. The smallest absolute Gasteiger partial charge is 0.175 e. The van der Waals surface area contributed by atoms with Gasteiger partial charge in [0.1, 0.15) is 0 Å². The van der Waals surface area contributed by atoms with Crippen LogP contribution in [0.1, 0.15) is 24.8 Å². The molecule has 1 aromatic rings. The van der Waals surface area contributed by atoms with Gasteiger partial charge in [-0.1, -0.05) is 19.1 Å². The molecule has 1 atom stereocenters. The first-order valence-electron chi connectivity index (χ1n) is 4.62. The van der Waals surface area contributed by atoms with Gasteiger partial charge in [0.15, 0.2) is 9.84 Å². The third-order valence-electron chi connectivity index (χ3n) is 2.27. The van der Waals surface area contributed by atoms with Crippen LogP contribution in [0.15, 0.2) is 29.2 Å². The number of nitriles is 1. The van der Waals surface area contributed by atoms with Crippen LogP contribution >= 0.6 is 0 Å². The van der Waals surface area contributed by atoms with Crippen molar-refractivity contribution in [1.82, 2.24) is 0 Å². The van der Waals surface area contributed by atoms with Gasteiger partial charge < -0.3 is 0 Å². The minimum atomic E-state index is -3.12. The Balaban J connectivity index is 2.96. The summed E-state index contributed by atoms with van der Waals surface area (Å²) in [7, 11) is -3.12. The molecule has 1 rings (SSSR count). The monoisotopic (exact) mass is 223 g/mol.